The van der Waals surface area contributed by atoms with E-state index in [1.807, 2.05) is 0 Å². The van der Waals surface area contributed by atoms with Crippen LogP contribution in [-0.2, 0) is 18.9 Å². The molecule has 178 valence electrons. The van der Waals surface area contributed by atoms with Crippen LogP contribution in [0.4, 0.5) is 0 Å². The van der Waals surface area contributed by atoms with Crippen LogP contribution in [0.5, 0.6) is 0 Å². The summed E-state index contributed by atoms with van der Waals surface area (Å²) in [5, 5.41) is 25.1. The van der Waals surface area contributed by atoms with Crippen LogP contribution in [0, 0.1) is 5.92 Å². The molecule has 11 nitrogen and oxygen atoms in total. The zero-order chi connectivity index (χ0) is 22.5. The van der Waals surface area contributed by atoms with Crippen molar-refractivity contribution >= 4 is 29.5 Å². The lowest BCUT2D eigenvalue weighted by molar-refractivity contribution is -0.137. The minimum atomic E-state index is -1.41. The van der Waals surface area contributed by atoms with Crippen molar-refractivity contribution in [2.24, 2.45) is 20.0 Å². The Morgan fingerprint density at radius 3 is 2.62 bits per heavy atom. The topological polar surface area (TPSA) is 135 Å². The molecule has 2 aliphatic heterocycles. The lowest BCUT2D eigenvalue weighted by Crippen LogP contribution is -2.47. The van der Waals surface area contributed by atoms with E-state index in [4.69, 9.17) is 0 Å². The second-order valence-corrected chi connectivity index (χ2v) is 9.05. The number of carbonyl (C=O) groups is 1. The smallest absolute Gasteiger partial charge is 0.332 e. The lowest BCUT2D eigenvalue weighted by Gasteiger charge is -2.35. The largest absolute Gasteiger partial charge is 0.391 e. The third-order valence-corrected chi connectivity index (χ3v) is 6.66. The van der Waals surface area contributed by atoms with Gasteiger partial charge >= 0.3 is 5.69 Å². The van der Waals surface area contributed by atoms with Gasteiger partial charge in [-0.1, -0.05) is 0 Å². The lowest BCUT2D eigenvalue weighted by atomic mass is 9.91. The van der Waals surface area contributed by atoms with Crippen LogP contribution in [-0.4, -0.2) is 77.6 Å². The third-order valence-electron chi connectivity index (χ3n) is 6.66. The number of β-amino-alcohol motifs (C(OH)–C–C–N with tert-alkyl or cyclic N) is 1. The quantitative estimate of drug-likeness (QED) is 0.498. The number of likely N-dealkylation sites (tertiary alicyclic amines) is 1. The van der Waals surface area contributed by atoms with Gasteiger partial charge in [0.1, 0.15) is 0 Å². The predicted octanol–water partition coefficient (Wildman–Crippen LogP) is -1.26. The molecule has 2 aliphatic rings. The Balaban J connectivity index is 0.00000289. The Morgan fingerprint density at radius 2 is 1.97 bits per heavy atom. The van der Waals surface area contributed by atoms with Crippen LogP contribution < -0.4 is 16.6 Å². The van der Waals surface area contributed by atoms with Crippen molar-refractivity contribution in [1.82, 2.24) is 28.9 Å². The number of hydrogen-bond donors (Lipinski definition) is 3. The summed E-state index contributed by atoms with van der Waals surface area (Å²) in [6.07, 6.45) is 2.24. The molecule has 0 saturated carbocycles. The van der Waals surface area contributed by atoms with Gasteiger partial charge in [-0.15, -0.1) is 12.4 Å². The Kier molecular flexibility index (Phi) is 6.85. The van der Waals surface area contributed by atoms with E-state index in [-0.39, 0.29) is 54.9 Å². The molecule has 2 saturated heterocycles. The number of hydrogen-bond acceptors (Lipinski definition) is 7. The molecule has 2 aromatic heterocycles. The first-order valence-electron chi connectivity index (χ1n) is 10.6. The summed E-state index contributed by atoms with van der Waals surface area (Å²) in [4.78, 5) is 44.2. The fraction of sp³-hybridized carbons (Fsp3) is 0.700. The molecule has 4 heterocycles. The molecule has 0 radical (unpaired) electrons. The van der Waals surface area contributed by atoms with Crippen molar-refractivity contribution in [3.63, 3.8) is 0 Å². The second kappa shape index (κ2) is 8.97. The van der Waals surface area contributed by atoms with Crippen molar-refractivity contribution in [3.8, 4) is 0 Å². The second-order valence-electron chi connectivity index (χ2n) is 9.05. The number of aromatic nitrogens is 4. The molecule has 3 N–H and O–H groups in total. The van der Waals surface area contributed by atoms with E-state index in [1.165, 1.54) is 25.0 Å². The first kappa shape index (κ1) is 24.4. The standard InChI is InChI=1S/C20H30N6O5.ClH/c1-20(31)7-13(27)9-25(17(28)12-5-4-6-21-8-12)10-14(20)26-11-22-16-15(26)18(29)24(3)19(30)23(16)2;/h11-14,21,27,31H,4-10H2,1-3H3;1H/t12-,13+,14-,20-;/m1./s1. The maximum Gasteiger partial charge on any atom is 0.332 e. The third kappa shape index (κ3) is 4.09. The van der Waals surface area contributed by atoms with Gasteiger partial charge in [-0.2, -0.15) is 0 Å². The van der Waals surface area contributed by atoms with Gasteiger partial charge in [-0.25, -0.2) is 9.78 Å². The number of fused-ring (bicyclic) bond motifs is 1. The van der Waals surface area contributed by atoms with E-state index < -0.39 is 29.0 Å². The summed E-state index contributed by atoms with van der Waals surface area (Å²) < 4.78 is 3.83. The molecule has 12 heteroatoms. The maximum atomic E-state index is 13.2. The van der Waals surface area contributed by atoms with E-state index in [9.17, 15) is 24.6 Å². The minimum Gasteiger partial charge on any atom is -0.391 e. The number of carbonyl (C=O) groups excluding carboxylic acids is 1. The van der Waals surface area contributed by atoms with Crippen molar-refractivity contribution in [1.29, 1.82) is 0 Å². The molecule has 0 aliphatic carbocycles. The van der Waals surface area contributed by atoms with Crippen LogP contribution in [0.1, 0.15) is 32.2 Å². The first-order valence-corrected chi connectivity index (χ1v) is 10.6. The summed E-state index contributed by atoms with van der Waals surface area (Å²) in [7, 11) is 2.92. The molecule has 4 atom stereocenters. The van der Waals surface area contributed by atoms with Gasteiger partial charge in [0.05, 0.1) is 30.0 Å². The van der Waals surface area contributed by atoms with Gasteiger partial charge in [0, 0.05) is 40.2 Å². The SMILES string of the molecule is Cl.Cn1c(=O)c2c(ncn2[C@@H]2CN(C(=O)[C@@H]3CCCNC3)C[C@@H](O)C[C@@]2(C)O)n(C)c1=O. The Morgan fingerprint density at radius 1 is 1.25 bits per heavy atom. The van der Waals surface area contributed by atoms with E-state index in [2.05, 4.69) is 10.3 Å². The van der Waals surface area contributed by atoms with Crippen molar-refractivity contribution in [2.45, 2.75) is 43.9 Å². The predicted molar refractivity (Wildman–Crippen MR) is 120 cm³/mol. The highest BCUT2D eigenvalue weighted by Crippen LogP contribution is 2.33. The fourth-order valence-corrected chi connectivity index (χ4v) is 4.90. The maximum absolute atomic E-state index is 13.2. The van der Waals surface area contributed by atoms with E-state index in [0.717, 1.165) is 24.0 Å². The number of imidazole rings is 1. The van der Waals surface area contributed by atoms with Crippen LogP contribution in [0.15, 0.2) is 15.9 Å². The van der Waals surface area contributed by atoms with Crippen LogP contribution in [0.2, 0.25) is 0 Å². The fourth-order valence-electron chi connectivity index (χ4n) is 4.90. The zero-order valence-electron chi connectivity index (χ0n) is 18.5. The van der Waals surface area contributed by atoms with Gasteiger partial charge in [-0.05, 0) is 26.3 Å². The highest BCUT2D eigenvalue weighted by Gasteiger charge is 2.43. The number of rotatable bonds is 2. The van der Waals surface area contributed by atoms with E-state index >= 15 is 0 Å². The van der Waals surface area contributed by atoms with E-state index in [0.29, 0.717) is 6.54 Å². The summed E-state index contributed by atoms with van der Waals surface area (Å²) in [5.74, 6) is -0.253. The first-order chi connectivity index (χ1) is 14.6. The van der Waals surface area contributed by atoms with E-state index in [1.54, 1.807) is 16.4 Å². The van der Waals surface area contributed by atoms with Gasteiger partial charge in [0.2, 0.25) is 5.91 Å². The average Bonchev–Trinajstić information content (AvgIpc) is 3.12. The molecule has 0 bridgehead atoms. The number of amides is 1. The number of nitrogens with one attached hydrogen (secondary N) is 1. The number of aliphatic hydroxyl groups excluding tert-OH is 1. The average molecular weight is 471 g/mol. The molecule has 2 fully saturated rings. The molecule has 0 aromatic carbocycles. The highest BCUT2D eigenvalue weighted by atomic mass is 35.5. The molecular weight excluding hydrogens is 440 g/mol. The van der Waals surface area contributed by atoms with Gasteiger partial charge in [-0.3, -0.25) is 18.7 Å². The molecule has 0 unspecified atom stereocenters. The Labute approximate surface area is 191 Å². The van der Waals surface area contributed by atoms with Gasteiger partial charge in [0.25, 0.3) is 5.56 Å². The normalized spacial score (nSPS) is 28.9. The summed E-state index contributed by atoms with van der Waals surface area (Å²) in [6, 6.07) is -0.722. The summed E-state index contributed by atoms with van der Waals surface area (Å²) >= 11 is 0. The molecular formula is C20H31ClN6O5. The number of piperidine rings is 1. The number of halogens is 1. The van der Waals surface area contributed by atoms with Gasteiger partial charge < -0.3 is 25.0 Å². The monoisotopic (exact) mass is 470 g/mol. The zero-order valence-corrected chi connectivity index (χ0v) is 19.3. The Hall–Kier alpha value is -2.21. The molecule has 0 spiro atoms. The van der Waals surface area contributed by atoms with Crippen molar-refractivity contribution < 1.29 is 15.0 Å². The number of aryl methyl sites for hydroxylation is 1. The highest BCUT2D eigenvalue weighted by molar-refractivity contribution is 5.85. The molecule has 2 aromatic rings. The Bertz CT molecular complexity index is 1120. The number of nitrogens with zero attached hydrogens (tertiary/aromatic N) is 5. The molecule has 1 amide bonds. The van der Waals surface area contributed by atoms with Crippen LogP contribution in [0.3, 0.4) is 0 Å². The molecule has 4 rings (SSSR count). The van der Waals surface area contributed by atoms with Crippen molar-refractivity contribution in [3.05, 3.63) is 27.2 Å². The molecule has 32 heavy (non-hydrogen) atoms. The number of aliphatic hydroxyl groups is 2. The minimum absolute atomic E-state index is 0. The van der Waals surface area contributed by atoms with Crippen LogP contribution >= 0.6 is 12.4 Å². The van der Waals surface area contributed by atoms with Gasteiger partial charge in [0.15, 0.2) is 11.2 Å². The summed E-state index contributed by atoms with van der Waals surface area (Å²) in [5.41, 5.74) is -2.04. The van der Waals surface area contributed by atoms with Crippen LogP contribution in [0.25, 0.3) is 11.2 Å². The summed E-state index contributed by atoms with van der Waals surface area (Å²) in [6.45, 7) is 3.30. The van der Waals surface area contributed by atoms with Crippen molar-refractivity contribution in [2.75, 3.05) is 26.2 Å².